The zero-order valence-electron chi connectivity index (χ0n) is 6.05. The normalized spacial score (nSPS) is 10.5. The van der Waals surface area contributed by atoms with Gasteiger partial charge in [-0.05, 0) is 16.5 Å². The molecule has 2 rings (SSSR count). The van der Waals surface area contributed by atoms with Crippen LogP contribution < -0.4 is 0 Å². The molecule has 0 bridgehead atoms. The van der Waals surface area contributed by atoms with Crippen molar-refractivity contribution in [2.24, 2.45) is 0 Å². The van der Waals surface area contributed by atoms with Gasteiger partial charge in [-0.1, -0.05) is 11.6 Å². The van der Waals surface area contributed by atoms with E-state index in [1.807, 2.05) is 0 Å². The highest BCUT2D eigenvalue weighted by Crippen LogP contribution is 2.10. The predicted octanol–water partition coefficient (Wildman–Crippen LogP) is -0.129. The number of nitrogens with zero attached hydrogens (tertiary/aromatic N) is 5. The molecule has 0 atom stereocenters. The maximum absolute atomic E-state index is 10.7. The molecule has 0 amide bonds. The van der Waals surface area contributed by atoms with Crippen LogP contribution in [-0.4, -0.2) is 36.3 Å². The summed E-state index contributed by atoms with van der Waals surface area (Å²) in [5, 5.41) is 22.6. The van der Waals surface area contributed by atoms with Crippen molar-refractivity contribution in [3.63, 3.8) is 0 Å². The van der Waals surface area contributed by atoms with Gasteiger partial charge in [-0.2, -0.15) is 0 Å². The zero-order valence-corrected chi connectivity index (χ0v) is 6.80. The third-order valence-electron chi connectivity index (χ3n) is 1.38. The standard InChI is InChI=1S/C5H2ClN5O2/c6-3-1-2(5(12)13)4-7-9-10-11(4)8-3/h1H,(H,12,13). The molecular weight excluding hydrogens is 198 g/mol. The van der Waals surface area contributed by atoms with Crippen LogP contribution in [0.25, 0.3) is 5.65 Å². The molecule has 8 heteroatoms. The van der Waals surface area contributed by atoms with Gasteiger partial charge < -0.3 is 5.11 Å². The summed E-state index contributed by atoms with van der Waals surface area (Å²) >= 11 is 5.53. The maximum atomic E-state index is 10.7. The maximum Gasteiger partial charge on any atom is 0.339 e. The monoisotopic (exact) mass is 199 g/mol. The number of carbonyl (C=O) groups is 1. The number of carboxylic acids is 1. The lowest BCUT2D eigenvalue weighted by atomic mass is 10.3. The van der Waals surface area contributed by atoms with Gasteiger partial charge in [0.25, 0.3) is 0 Å². The van der Waals surface area contributed by atoms with Crippen LogP contribution >= 0.6 is 11.6 Å². The minimum atomic E-state index is -1.15. The van der Waals surface area contributed by atoms with Crippen LogP contribution in [0.3, 0.4) is 0 Å². The summed E-state index contributed by atoms with van der Waals surface area (Å²) in [7, 11) is 0. The second-order valence-corrected chi connectivity index (χ2v) is 2.57. The smallest absolute Gasteiger partial charge is 0.339 e. The van der Waals surface area contributed by atoms with Crippen molar-refractivity contribution in [1.29, 1.82) is 0 Å². The van der Waals surface area contributed by atoms with E-state index < -0.39 is 5.97 Å². The topological polar surface area (TPSA) is 93.3 Å². The fraction of sp³-hybridized carbons (Fsp3) is 0. The highest BCUT2D eigenvalue weighted by molar-refractivity contribution is 6.29. The molecule has 2 heterocycles. The van der Waals surface area contributed by atoms with E-state index in [2.05, 4.69) is 20.6 Å². The first-order valence-electron chi connectivity index (χ1n) is 3.16. The molecule has 1 N–H and O–H groups in total. The van der Waals surface area contributed by atoms with Crippen LogP contribution in [-0.2, 0) is 0 Å². The quantitative estimate of drug-likeness (QED) is 0.688. The second kappa shape index (κ2) is 2.63. The Labute approximate surface area is 75.9 Å². The van der Waals surface area contributed by atoms with Crippen LogP contribution in [0.4, 0.5) is 0 Å². The molecule has 0 aromatic carbocycles. The first-order valence-corrected chi connectivity index (χ1v) is 3.54. The number of tetrazole rings is 1. The number of rotatable bonds is 1. The second-order valence-electron chi connectivity index (χ2n) is 2.18. The van der Waals surface area contributed by atoms with Crippen molar-refractivity contribution in [1.82, 2.24) is 25.3 Å². The lowest BCUT2D eigenvalue weighted by molar-refractivity contribution is 0.0698. The Kier molecular flexibility index (Phi) is 1.59. The fourth-order valence-electron chi connectivity index (χ4n) is 0.872. The molecule has 0 aliphatic rings. The molecule has 0 saturated carbocycles. The summed E-state index contributed by atoms with van der Waals surface area (Å²) in [6, 6.07) is 1.19. The molecule has 2 aromatic rings. The summed E-state index contributed by atoms with van der Waals surface area (Å²) in [5.41, 5.74) is -0.0121. The zero-order chi connectivity index (χ0) is 9.42. The van der Waals surface area contributed by atoms with Gasteiger partial charge in [0.2, 0.25) is 5.65 Å². The van der Waals surface area contributed by atoms with Crippen LogP contribution in [0.2, 0.25) is 5.15 Å². The highest BCUT2D eigenvalue weighted by atomic mass is 35.5. The molecule has 0 spiro atoms. The van der Waals surface area contributed by atoms with Crippen molar-refractivity contribution in [3.05, 3.63) is 16.8 Å². The summed E-state index contributed by atoms with van der Waals surface area (Å²) in [5.74, 6) is -1.15. The molecule has 0 aliphatic heterocycles. The third-order valence-corrected chi connectivity index (χ3v) is 1.56. The molecule has 0 radical (unpaired) electrons. The van der Waals surface area contributed by atoms with Gasteiger partial charge in [-0.25, -0.2) is 4.79 Å². The van der Waals surface area contributed by atoms with Gasteiger partial charge in [0.1, 0.15) is 5.56 Å². The number of hydrogen-bond acceptors (Lipinski definition) is 5. The number of aromatic carboxylic acids is 1. The largest absolute Gasteiger partial charge is 0.478 e. The first kappa shape index (κ1) is 7.87. The summed E-state index contributed by atoms with van der Waals surface area (Å²) in [6.45, 7) is 0. The Bertz CT molecular complexity index is 481. The molecule has 2 aromatic heterocycles. The molecule has 0 aliphatic carbocycles. The van der Waals surface area contributed by atoms with Crippen molar-refractivity contribution in [2.75, 3.05) is 0 Å². The van der Waals surface area contributed by atoms with E-state index in [0.717, 1.165) is 4.63 Å². The van der Waals surface area contributed by atoms with E-state index in [-0.39, 0.29) is 16.4 Å². The average Bonchev–Trinajstić information content (AvgIpc) is 2.49. The molecule has 7 nitrogen and oxygen atoms in total. The third kappa shape index (κ3) is 1.18. The molecule has 0 saturated heterocycles. The number of aromatic nitrogens is 5. The average molecular weight is 200 g/mol. The van der Waals surface area contributed by atoms with E-state index in [4.69, 9.17) is 16.7 Å². The lowest BCUT2D eigenvalue weighted by Gasteiger charge is -1.95. The van der Waals surface area contributed by atoms with Gasteiger partial charge in [-0.15, -0.1) is 14.8 Å². The highest BCUT2D eigenvalue weighted by Gasteiger charge is 2.13. The predicted molar refractivity (Wildman–Crippen MR) is 40.5 cm³/mol. The van der Waals surface area contributed by atoms with Crippen LogP contribution in [0.1, 0.15) is 10.4 Å². The summed E-state index contributed by atoms with van der Waals surface area (Å²) in [6.07, 6.45) is 0. The molecule has 0 unspecified atom stereocenters. The van der Waals surface area contributed by atoms with Crippen molar-refractivity contribution in [3.8, 4) is 0 Å². The Morgan fingerprint density at radius 1 is 1.62 bits per heavy atom. The SMILES string of the molecule is O=C(O)c1cc(Cl)nn2nnnc12. The van der Waals surface area contributed by atoms with E-state index in [9.17, 15) is 4.79 Å². The van der Waals surface area contributed by atoms with E-state index in [1.54, 1.807) is 0 Å². The molecular formula is C5H2ClN5O2. The molecule has 0 fully saturated rings. The van der Waals surface area contributed by atoms with Crippen molar-refractivity contribution >= 4 is 23.2 Å². The minimum Gasteiger partial charge on any atom is -0.478 e. The Balaban J connectivity index is 2.84. The Morgan fingerprint density at radius 3 is 3.08 bits per heavy atom. The molecule has 13 heavy (non-hydrogen) atoms. The van der Waals surface area contributed by atoms with Gasteiger partial charge in [0.05, 0.1) is 0 Å². The van der Waals surface area contributed by atoms with Gasteiger partial charge in [0, 0.05) is 0 Å². The van der Waals surface area contributed by atoms with Gasteiger partial charge in [0.15, 0.2) is 5.15 Å². The lowest BCUT2D eigenvalue weighted by Crippen LogP contribution is -2.04. The van der Waals surface area contributed by atoms with Crippen LogP contribution in [0, 0.1) is 0 Å². The number of carboxylic acid groups (broad SMARTS) is 1. The van der Waals surface area contributed by atoms with Crippen molar-refractivity contribution < 1.29 is 9.90 Å². The van der Waals surface area contributed by atoms with E-state index >= 15 is 0 Å². The summed E-state index contributed by atoms with van der Waals surface area (Å²) in [4.78, 5) is 10.7. The van der Waals surface area contributed by atoms with E-state index in [1.165, 1.54) is 6.07 Å². The van der Waals surface area contributed by atoms with Gasteiger partial charge in [-0.3, -0.25) is 0 Å². The number of hydrogen-bond donors (Lipinski definition) is 1. The van der Waals surface area contributed by atoms with Crippen LogP contribution in [0.15, 0.2) is 6.07 Å². The molecule has 66 valence electrons. The van der Waals surface area contributed by atoms with Crippen LogP contribution in [0.5, 0.6) is 0 Å². The van der Waals surface area contributed by atoms with Crippen molar-refractivity contribution in [2.45, 2.75) is 0 Å². The fourth-order valence-corrected chi connectivity index (χ4v) is 1.05. The first-order chi connectivity index (χ1) is 6.18. The Morgan fingerprint density at radius 2 is 2.38 bits per heavy atom. The minimum absolute atomic E-state index is 0.0252. The van der Waals surface area contributed by atoms with E-state index in [0.29, 0.717) is 0 Å². The number of halogens is 1. The van der Waals surface area contributed by atoms with Gasteiger partial charge >= 0.3 is 5.97 Å². The number of fused-ring (bicyclic) bond motifs is 1. The Hall–Kier alpha value is -1.76. The summed E-state index contributed by atoms with van der Waals surface area (Å²) < 4.78 is 0.964.